The van der Waals surface area contributed by atoms with Crippen LogP contribution in [0.2, 0.25) is 0 Å². The van der Waals surface area contributed by atoms with Gasteiger partial charge in [0, 0.05) is 17.8 Å². The van der Waals surface area contributed by atoms with E-state index in [0.717, 1.165) is 34.6 Å². The summed E-state index contributed by atoms with van der Waals surface area (Å²) in [5.41, 5.74) is 3.23. The molecule has 168 valence electrons. The molecule has 0 saturated carbocycles. The van der Waals surface area contributed by atoms with E-state index in [2.05, 4.69) is 15.3 Å². The van der Waals surface area contributed by atoms with Gasteiger partial charge in [0.25, 0.3) is 0 Å². The predicted molar refractivity (Wildman–Crippen MR) is 123 cm³/mol. The number of carbonyl (C=O) groups is 1. The van der Waals surface area contributed by atoms with Crippen LogP contribution < -0.4 is 5.32 Å². The summed E-state index contributed by atoms with van der Waals surface area (Å²) in [5, 5.41) is 2.82. The van der Waals surface area contributed by atoms with Crippen LogP contribution in [0.3, 0.4) is 0 Å². The second kappa shape index (κ2) is 8.42. The number of nitrogens with zero attached hydrogens (tertiary/aromatic N) is 2. The Labute approximate surface area is 190 Å². The van der Waals surface area contributed by atoms with Gasteiger partial charge in [-0.05, 0) is 73.5 Å². The molecule has 1 unspecified atom stereocenters. The smallest absolute Gasteiger partial charge is 0.243 e. The highest BCUT2D eigenvalue weighted by Crippen LogP contribution is 2.28. The first-order valence-electron chi connectivity index (χ1n) is 10.6. The third-order valence-electron chi connectivity index (χ3n) is 5.74. The molecule has 7 nitrogen and oxygen atoms in total. The lowest BCUT2D eigenvalue weighted by molar-refractivity contribution is -0.119. The highest BCUT2D eigenvalue weighted by molar-refractivity contribution is 7.89. The second-order valence-corrected chi connectivity index (χ2v) is 9.79. The molecular formula is C24H21FN4O3S. The Hall–Kier alpha value is -3.56. The zero-order chi connectivity index (χ0) is 23.0. The molecule has 1 aromatic heterocycles. The van der Waals surface area contributed by atoms with Crippen molar-refractivity contribution in [3.8, 4) is 11.4 Å². The minimum absolute atomic E-state index is 0.0289. The van der Waals surface area contributed by atoms with Crippen molar-refractivity contribution in [2.75, 3.05) is 11.9 Å². The molecule has 1 fully saturated rings. The Morgan fingerprint density at radius 2 is 1.76 bits per heavy atom. The second-order valence-electron chi connectivity index (χ2n) is 7.90. The molecule has 1 aliphatic rings. The molecule has 1 saturated heterocycles. The van der Waals surface area contributed by atoms with Gasteiger partial charge in [-0.3, -0.25) is 4.79 Å². The molecule has 0 spiro atoms. The van der Waals surface area contributed by atoms with Gasteiger partial charge in [0.05, 0.1) is 15.9 Å². The zero-order valence-electron chi connectivity index (χ0n) is 17.5. The van der Waals surface area contributed by atoms with Crippen molar-refractivity contribution in [1.29, 1.82) is 0 Å². The van der Waals surface area contributed by atoms with Crippen LogP contribution in [0.5, 0.6) is 0 Å². The van der Waals surface area contributed by atoms with E-state index in [9.17, 15) is 17.6 Å². The number of rotatable bonds is 5. The molecule has 4 aromatic rings. The summed E-state index contributed by atoms with van der Waals surface area (Å²) in [7, 11) is -3.90. The fourth-order valence-electron chi connectivity index (χ4n) is 4.06. The molecule has 33 heavy (non-hydrogen) atoms. The maximum absolute atomic E-state index is 13.2. The monoisotopic (exact) mass is 464 g/mol. The number of amides is 1. The summed E-state index contributed by atoms with van der Waals surface area (Å²) in [6, 6.07) is 18.7. The van der Waals surface area contributed by atoms with Crippen LogP contribution in [0, 0.1) is 5.82 Å². The number of H-pyrrole nitrogens is 1. The Kier molecular flexibility index (Phi) is 5.43. The minimum Gasteiger partial charge on any atom is -0.338 e. The van der Waals surface area contributed by atoms with Crippen molar-refractivity contribution in [1.82, 2.24) is 14.3 Å². The number of carbonyl (C=O) groups excluding carboxylic acids is 1. The van der Waals surface area contributed by atoms with Gasteiger partial charge in [-0.25, -0.2) is 17.8 Å². The highest BCUT2D eigenvalue weighted by Gasteiger charge is 2.39. The van der Waals surface area contributed by atoms with E-state index in [4.69, 9.17) is 0 Å². The number of nitrogens with one attached hydrogen (secondary N) is 2. The number of fused-ring (bicyclic) bond motifs is 1. The van der Waals surface area contributed by atoms with Crippen LogP contribution in [0.4, 0.5) is 10.1 Å². The molecule has 0 bridgehead atoms. The van der Waals surface area contributed by atoms with Crippen LogP contribution in [-0.4, -0.2) is 41.2 Å². The third-order valence-corrected chi connectivity index (χ3v) is 7.66. The Morgan fingerprint density at radius 3 is 2.48 bits per heavy atom. The maximum Gasteiger partial charge on any atom is 0.243 e. The van der Waals surface area contributed by atoms with Crippen molar-refractivity contribution >= 4 is 32.7 Å². The number of aromatic amines is 1. The van der Waals surface area contributed by atoms with E-state index in [1.165, 1.54) is 16.4 Å². The summed E-state index contributed by atoms with van der Waals surface area (Å²) >= 11 is 0. The number of sulfonamides is 1. The lowest BCUT2D eigenvalue weighted by atomic mass is 10.1. The van der Waals surface area contributed by atoms with Gasteiger partial charge >= 0.3 is 0 Å². The number of anilines is 1. The molecule has 5 rings (SSSR count). The lowest BCUT2D eigenvalue weighted by Crippen LogP contribution is -2.43. The normalized spacial score (nSPS) is 16.8. The molecule has 2 heterocycles. The average Bonchev–Trinajstić information content (AvgIpc) is 3.48. The maximum atomic E-state index is 13.2. The lowest BCUT2D eigenvalue weighted by Gasteiger charge is -2.23. The Bertz CT molecular complexity index is 1380. The van der Waals surface area contributed by atoms with Crippen LogP contribution in [-0.2, 0) is 14.8 Å². The average molecular weight is 465 g/mol. The fraction of sp³-hybridized carbons (Fsp3) is 0.167. The Morgan fingerprint density at radius 1 is 1.03 bits per heavy atom. The van der Waals surface area contributed by atoms with E-state index in [0.29, 0.717) is 18.5 Å². The summed E-state index contributed by atoms with van der Waals surface area (Å²) in [6.45, 7) is 0.239. The number of aromatic nitrogens is 2. The van der Waals surface area contributed by atoms with E-state index >= 15 is 0 Å². The van der Waals surface area contributed by atoms with E-state index in [1.807, 2.05) is 36.4 Å². The number of para-hydroxylation sites is 2. The van der Waals surface area contributed by atoms with Crippen molar-refractivity contribution in [3.05, 3.63) is 78.6 Å². The van der Waals surface area contributed by atoms with Gasteiger partial charge < -0.3 is 10.3 Å². The molecule has 1 atom stereocenters. The van der Waals surface area contributed by atoms with Crippen molar-refractivity contribution in [3.63, 3.8) is 0 Å². The molecule has 0 radical (unpaired) electrons. The number of hydrogen-bond acceptors (Lipinski definition) is 4. The number of imidazole rings is 1. The minimum atomic E-state index is -3.90. The van der Waals surface area contributed by atoms with Crippen LogP contribution in [0.1, 0.15) is 12.8 Å². The van der Waals surface area contributed by atoms with Crippen molar-refractivity contribution in [2.24, 2.45) is 0 Å². The molecule has 3 aromatic carbocycles. The molecule has 1 amide bonds. The topological polar surface area (TPSA) is 95.2 Å². The number of benzene rings is 3. The van der Waals surface area contributed by atoms with E-state index in [-0.39, 0.29) is 11.4 Å². The standard InChI is InChI=1S/C24H21FN4O3S/c25-17-9-13-19(14-10-17)33(31,32)29-15-3-6-22(29)24(30)26-18-11-7-16(8-12-18)23-27-20-4-1-2-5-21(20)28-23/h1-2,4-5,7-14,22H,3,6,15H2,(H,26,30)(H,27,28). The van der Waals surface area contributed by atoms with E-state index in [1.54, 1.807) is 12.1 Å². The largest absolute Gasteiger partial charge is 0.338 e. The van der Waals surface area contributed by atoms with Crippen LogP contribution in [0.25, 0.3) is 22.4 Å². The molecule has 0 aliphatic carbocycles. The van der Waals surface area contributed by atoms with Crippen LogP contribution in [0.15, 0.2) is 77.7 Å². The first-order valence-corrected chi connectivity index (χ1v) is 12.0. The van der Waals surface area contributed by atoms with Gasteiger partial charge in [0.15, 0.2) is 0 Å². The summed E-state index contributed by atoms with van der Waals surface area (Å²) in [5.74, 6) is -0.188. The van der Waals surface area contributed by atoms with Gasteiger partial charge in [-0.15, -0.1) is 0 Å². The van der Waals surface area contributed by atoms with Gasteiger partial charge in [-0.1, -0.05) is 12.1 Å². The highest BCUT2D eigenvalue weighted by atomic mass is 32.2. The van der Waals surface area contributed by atoms with E-state index < -0.39 is 27.8 Å². The zero-order valence-corrected chi connectivity index (χ0v) is 18.3. The van der Waals surface area contributed by atoms with Gasteiger partial charge in [0.1, 0.15) is 17.7 Å². The predicted octanol–water partition coefficient (Wildman–Crippen LogP) is 4.16. The summed E-state index contributed by atoms with van der Waals surface area (Å²) in [4.78, 5) is 20.7. The van der Waals surface area contributed by atoms with Gasteiger partial charge in [0.2, 0.25) is 15.9 Å². The number of halogens is 1. The van der Waals surface area contributed by atoms with Crippen molar-refractivity contribution in [2.45, 2.75) is 23.8 Å². The molecule has 1 aliphatic heterocycles. The third kappa shape index (κ3) is 4.12. The van der Waals surface area contributed by atoms with Crippen molar-refractivity contribution < 1.29 is 17.6 Å². The summed E-state index contributed by atoms with van der Waals surface area (Å²) < 4.78 is 40.4. The first kappa shape index (κ1) is 21.3. The van der Waals surface area contributed by atoms with Crippen LogP contribution >= 0.6 is 0 Å². The SMILES string of the molecule is O=C(Nc1ccc(-c2nc3ccccc3[nH]2)cc1)C1CCCN1S(=O)(=O)c1ccc(F)cc1. The summed E-state index contributed by atoms with van der Waals surface area (Å²) in [6.07, 6.45) is 0.993. The first-order chi connectivity index (χ1) is 15.9. The molecular weight excluding hydrogens is 443 g/mol. The fourth-order valence-corrected chi connectivity index (χ4v) is 5.71. The Balaban J connectivity index is 1.32. The number of hydrogen-bond donors (Lipinski definition) is 2. The van der Waals surface area contributed by atoms with Gasteiger partial charge in [-0.2, -0.15) is 4.31 Å². The molecule has 9 heteroatoms. The molecule has 2 N–H and O–H groups in total. The quantitative estimate of drug-likeness (QED) is 0.464.